The normalized spacial score (nSPS) is 13.3. The third kappa shape index (κ3) is 2.34. The molecular weight excluding hydrogens is 202 g/mol. The lowest BCUT2D eigenvalue weighted by Gasteiger charge is -2.21. The molecule has 1 aromatic heterocycles. The second-order valence-electron chi connectivity index (χ2n) is 4.68. The molecule has 0 bridgehead atoms. The summed E-state index contributed by atoms with van der Waals surface area (Å²) >= 11 is 0. The Morgan fingerprint density at radius 2 is 1.93 bits per heavy atom. The van der Waals surface area contributed by atoms with Gasteiger partial charge >= 0.3 is 0 Å². The summed E-state index contributed by atoms with van der Waals surface area (Å²) in [6.45, 7) is 4.24. The molecule has 86 valence electrons. The van der Waals surface area contributed by atoms with E-state index in [9.17, 15) is 8.78 Å². The molecule has 0 aliphatic carbocycles. The fourth-order valence-corrected chi connectivity index (χ4v) is 1.40. The topological polar surface area (TPSA) is 38.0 Å². The maximum Gasteiger partial charge on any atom is 0.299 e. The van der Waals surface area contributed by atoms with Crippen molar-refractivity contribution in [2.75, 3.05) is 6.61 Å². The van der Waals surface area contributed by atoms with Crippen LogP contribution >= 0.6 is 0 Å². The molecule has 1 N–H and O–H groups in total. The minimum atomic E-state index is -3.23. The van der Waals surface area contributed by atoms with Crippen molar-refractivity contribution in [3.8, 4) is 0 Å². The number of nitrogens with zero attached hydrogens (tertiary/aromatic N) is 2. The second-order valence-corrected chi connectivity index (χ2v) is 4.68. The van der Waals surface area contributed by atoms with Crippen LogP contribution in [0.5, 0.6) is 0 Å². The molecule has 0 amide bonds. The van der Waals surface area contributed by atoms with Gasteiger partial charge in [0.2, 0.25) is 0 Å². The van der Waals surface area contributed by atoms with E-state index >= 15 is 0 Å². The number of aryl methyl sites for hydroxylation is 1. The van der Waals surface area contributed by atoms with Gasteiger partial charge < -0.3 is 5.11 Å². The van der Waals surface area contributed by atoms with Gasteiger partial charge in [-0.15, -0.1) is 0 Å². The Kier molecular flexibility index (Phi) is 2.87. The summed E-state index contributed by atoms with van der Waals surface area (Å²) in [5.74, 6) is -3.23. The van der Waals surface area contributed by atoms with Gasteiger partial charge in [0.25, 0.3) is 5.92 Å². The molecule has 0 saturated heterocycles. The highest BCUT2D eigenvalue weighted by Gasteiger charge is 2.38. The van der Waals surface area contributed by atoms with Crippen LogP contribution in [0.1, 0.15) is 32.0 Å². The molecule has 15 heavy (non-hydrogen) atoms. The van der Waals surface area contributed by atoms with Crippen LogP contribution in [0.4, 0.5) is 8.78 Å². The molecular formula is C10H16F2N2O. The molecule has 1 aromatic rings. The monoisotopic (exact) mass is 218 g/mol. The molecule has 0 aromatic carbocycles. The number of hydrogen-bond acceptors (Lipinski definition) is 2. The maximum atomic E-state index is 13.4. The highest BCUT2D eigenvalue weighted by molar-refractivity contribution is 5.28. The van der Waals surface area contributed by atoms with Gasteiger partial charge in [-0.1, -0.05) is 20.8 Å². The van der Waals surface area contributed by atoms with Crippen LogP contribution in [0.15, 0.2) is 6.20 Å². The van der Waals surface area contributed by atoms with Crippen molar-refractivity contribution in [3.63, 3.8) is 0 Å². The Balaban J connectivity index is 3.30. The van der Waals surface area contributed by atoms with E-state index in [0.29, 0.717) is 5.69 Å². The van der Waals surface area contributed by atoms with Crippen molar-refractivity contribution in [3.05, 3.63) is 17.5 Å². The van der Waals surface area contributed by atoms with Gasteiger partial charge in [0.1, 0.15) is 6.61 Å². The van der Waals surface area contributed by atoms with E-state index in [-0.39, 0.29) is 5.56 Å². The Morgan fingerprint density at radius 3 is 2.33 bits per heavy atom. The largest absolute Gasteiger partial charge is 0.390 e. The van der Waals surface area contributed by atoms with Gasteiger partial charge in [-0.3, -0.25) is 4.68 Å². The second kappa shape index (κ2) is 3.56. The van der Waals surface area contributed by atoms with Crippen LogP contribution in [0.2, 0.25) is 0 Å². The van der Waals surface area contributed by atoms with E-state index in [1.54, 1.807) is 7.05 Å². The molecule has 0 fully saturated rings. The SMILES string of the molecule is Cn1cc(C(F)(F)CO)c(C(C)(C)C)n1. The maximum absolute atomic E-state index is 13.4. The number of aromatic nitrogens is 2. The van der Waals surface area contributed by atoms with E-state index in [1.165, 1.54) is 10.9 Å². The average Bonchev–Trinajstić information content (AvgIpc) is 2.47. The third-order valence-electron chi connectivity index (χ3n) is 2.13. The Morgan fingerprint density at radius 1 is 1.40 bits per heavy atom. The smallest absolute Gasteiger partial charge is 0.299 e. The minimum absolute atomic E-state index is 0.194. The highest BCUT2D eigenvalue weighted by atomic mass is 19.3. The minimum Gasteiger partial charge on any atom is -0.390 e. The van der Waals surface area contributed by atoms with Gasteiger partial charge in [-0.25, -0.2) is 0 Å². The summed E-state index contributed by atoms with van der Waals surface area (Å²) < 4.78 is 28.1. The van der Waals surface area contributed by atoms with Gasteiger partial charge in [0, 0.05) is 18.7 Å². The first kappa shape index (κ1) is 12.1. The molecule has 0 saturated carbocycles. The molecule has 5 heteroatoms. The average molecular weight is 218 g/mol. The summed E-state index contributed by atoms with van der Waals surface area (Å²) in [5.41, 5.74) is -0.334. The fraction of sp³-hybridized carbons (Fsp3) is 0.700. The quantitative estimate of drug-likeness (QED) is 0.822. The van der Waals surface area contributed by atoms with Crippen molar-refractivity contribution in [1.29, 1.82) is 0 Å². The zero-order chi connectivity index (χ0) is 11.9. The van der Waals surface area contributed by atoms with Crippen molar-refractivity contribution >= 4 is 0 Å². The van der Waals surface area contributed by atoms with Crippen molar-refractivity contribution < 1.29 is 13.9 Å². The van der Waals surface area contributed by atoms with Crippen LogP contribution in [0.3, 0.4) is 0 Å². The lowest BCUT2D eigenvalue weighted by atomic mass is 9.88. The van der Waals surface area contributed by atoms with Crippen LogP contribution in [-0.2, 0) is 18.4 Å². The van der Waals surface area contributed by atoms with Gasteiger partial charge in [0.15, 0.2) is 0 Å². The number of alkyl halides is 2. The third-order valence-corrected chi connectivity index (χ3v) is 2.13. The Bertz CT molecular complexity index is 353. The summed E-state index contributed by atoms with van der Waals surface area (Å²) in [7, 11) is 1.59. The van der Waals surface area contributed by atoms with Crippen LogP contribution in [0.25, 0.3) is 0 Å². The molecule has 1 rings (SSSR count). The molecule has 1 heterocycles. The van der Waals surface area contributed by atoms with Crippen LogP contribution < -0.4 is 0 Å². The predicted octanol–water partition coefficient (Wildman–Crippen LogP) is 1.80. The molecule has 0 aliphatic heterocycles. The number of rotatable bonds is 2. The first-order valence-electron chi connectivity index (χ1n) is 4.72. The van der Waals surface area contributed by atoms with E-state index in [1.807, 2.05) is 20.8 Å². The summed E-state index contributed by atoms with van der Waals surface area (Å²) in [6.07, 6.45) is 1.26. The number of aliphatic hydroxyl groups excluding tert-OH is 1. The zero-order valence-electron chi connectivity index (χ0n) is 9.38. The Hall–Kier alpha value is -0.970. The van der Waals surface area contributed by atoms with Crippen LogP contribution in [-0.4, -0.2) is 21.5 Å². The lowest BCUT2D eigenvalue weighted by Crippen LogP contribution is -2.24. The van der Waals surface area contributed by atoms with Crippen LogP contribution in [0, 0.1) is 0 Å². The lowest BCUT2D eigenvalue weighted by molar-refractivity contribution is -0.0569. The first-order valence-corrected chi connectivity index (χ1v) is 4.72. The highest BCUT2D eigenvalue weighted by Crippen LogP contribution is 2.35. The Labute approximate surface area is 87.7 Å². The van der Waals surface area contributed by atoms with E-state index in [4.69, 9.17) is 5.11 Å². The van der Waals surface area contributed by atoms with Crippen molar-refractivity contribution in [2.24, 2.45) is 7.05 Å². The van der Waals surface area contributed by atoms with Crippen molar-refractivity contribution in [2.45, 2.75) is 32.1 Å². The fourth-order valence-electron chi connectivity index (χ4n) is 1.40. The van der Waals surface area contributed by atoms with E-state index in [2.05, 4.69) is 5.10 Å². The molecule has 0 aliphatic rings. The van der Waals surface area contributed by atoms with E-state index < -0.39 is 17.9 Å². The number of halogens is 2. The summed E-state index contributed by atoms with van der Waals surface area (Å²) in [5, 5.41) is 12.7. The first-order chi connectivity index (χ1) is 6.68. The zero-order valence-corrected chi connectivity index (χ0v) is 9.38. The number of aliphatic hydroxyl groups is 1. The van der Waals surface area contributed by atoms with Gasteiger partial charge in [0.05, 0.1) is 11.3 Å². The predicted molar refractivity (Wildman–Crippen MR) is 52.9 cm³/mol. The molecule has 0 atom stereocenters. The van der Waals surface area contributed by atoms with Gasteiger partial charge in [-0.2, -0.15) is 13.9 Å². The molecule has 0 radical (unpaired) electrons. The number of hydrogen-bond donors (Lipinski definition) is 1. The summed E-state index contributed by atoms with van der Waals surface area (Å²) in [4.78, 5) is 0. The van der Waals surface area contributed by atoms with Gasteiger partial charge in [-0.05, 0) is 0 Å². The molecule has 0 spiro atoms. The standard InChI is InChI=1S/C10H16F2N2O/c1-9(2,3)8-7(5-14(4)13-8)10(11,12)6-15/h5,15H,6H2,1-4H3. The molecule has 3 nitrogen and oxygen atoms in total. The summed E-state index contributed by atoms with van der Waals surface area (Å²) in [6, 6.07) is 0. The van der Waals surface area contributed by atoms with E-state index in [0.717, 1.165) is 0 Å². The molecule has 0 unspecified atom stereocenters. The van der Waals surface area contributed by atoms with Crippen molar-refractivity contribution in [1.82, 2.24) is 9.78 Å².